The third-order valence-electron chi connectivity index (χ3n) is 4.99. The average molecular weight is 388 g/mol. The smallest absolute Gasteiger partial charge is 0.344 e. The van der Waals surface area contributed by atoms with E-state index in [1.54, 1.807) is 0 Å². The summed E-state index contributed by atoms with van der Waals surface area (Å²) in [6, 6.07) is 17.8. The summed E-state index contributed by atoms with van der Waals surface area (Å²) in [5.41, 5.74) is 10.5. The Morgan fingerprint density at radius 1 is 1.03 bits per heavy atom. The fourth-order valence-corrected chi connectivity index (χ4v) is 3.41. The molecule has 2 aromatic heterocycles. The molecule has 0 aliphatic heterocycles. The number of unbranched alkanes of at least 4 members (excludes halogenated alkanes) is 1. The zero-order valence-electron chi connectivity index (χ0n) is 16.5. The molecule has 0 fully saturated rings. The molecule has 0 aliphatic carbocycles. The Hall–Kier alpha value is -3.41. The summed E-state index contributed by atoms with van der Waals surface area (Å²) in [6.45, 7) is 3.02. The number of aromatic nitrogens is 3. The van der Waals surface area contributed by atoms with Gasteiger partial charge in [-0.25, -0.2) is 14.8 Å². The second kappa shape index (κ2) is 8.31. The van der Waals surface area contributed by atoms with E-state index in [1.165, 1.54) is 5.56 Å². The lowest BCUT2D eigenvalue weighted by atomic mass is 10.1. The van der Waals surface area contributed by atoms with Crippen molar-refractivity contribution in [3.05, 3.63) is 65.7 Å². The molecular formula is C23H24N4O2. The van der Waals surface area contributed by atoms with Gasteiger partial charge in [0.25, 0.3) is 0 Å². The Morgan fingerprint density at radius 3 is 2.45 bits per heavy atom. The van der Waals surface area contributed by atoms with Crippen LogP contribution in [-0.2, 0) is 17.7 Å². The largest absolute Gasteiger partial charge is 0.462 e. The molecule has 6 nitrogen and oxygen atoms in total. The minimum absolute atomic E-state index is 0.308. The molecule has 0 saturated heterocycles. The molecule has 2 aromatic carbocycles. The maximum Gasteiger partial charge on any atom is 0.344 e. The topological polar surface area (TPSA) is 83.0 Å². The van der Waals surface area contributed by atoms with E-state index < -0.39 is 5.97 Å². The van der Waals surface area contributed by atoms with Gasteiger partial charge in [-0.05, 0) is 30.5 Å². The van der Waals surface area contributed by atoms with Gasteiger partial charge in [0.2, 0.25) is 0 Å². The minimum Gasteiger partial charge on any atom is -0.462 e. The van der Waals surface area contributed by atoms with E-state index in [1.807, 2.05) is 47.0 Å². The number of anilines is 1. The SMILES string of the molecule is CCCCOC(=O)c1c(N)n(CCc2ccccc2)c2nc3ccccc3nc12. The number of para-hydroxylation sites is 2. The number of hydrogen-bond acceptors (Lipinski definition) is 5. The first-order valence-corrected chi connectivity index (χ1v) is 9.94. The van der Waals surface area contributed by atoms with Gasteiger partial charge in [-0.15, -0.1) is 0 Å². The highest BCUT2D eigenvalue weighted by Crippen LogP contribution is 2.29. The van der Waals surface area contributed by atoms with E-state index in [2.05, 4.69) is 19.1 Å². The van der Waals surface area contributed by atoms with Gasteiger partial charge in [0.1, 0.15) is 16.9 Å². The Kier molecular flexibility index (Phi) is 5.42. The number of nitrogen functional groups attached to an aromatic ring is 1. The van der Waals surface area contributed by atoms with Crippen LogP contribution < -0.4 is 5.73 Å². The lowest BCUT2D eigenvalue weighted by Crippen LogP contribution is -2.11. The molecule has 2 heterocycles. The molecule has 4 aromatic rings. The number of hydrogen-bond donors (Lipinski definition) is 1. The molecule has 0 amide bonds. The molecule has 0 saturated carbocycles. The summed E-state index contributed by atoms with van der Waals surface area (Å²) >= 11 is 0. The van der Waals surface area contributed by atoms with Crippen LogP contribution in [0.4, 0.5) is 5.82 Å². The Labute approximate surface area is 169 Å². The van der Waals surface area contributed by atoms with Crippen LogP contribution in [0.1, 0.15) is 35.7 Å². The molecular weight excluding hydrogens is 364 g/mol. The van der Waals surface area contributed by atoms with Crippen LogP contribution in [0, 0.1) is 0 Å². The summed E-state index contributed by atoms with van der Waals surface area (Å²) in [7, 11) is 0. The van der Waals surface area contributed by atoms with E-state index >= 15 is 0 Å². The molecule has 0 radical (unpaired) electrons. The van der Waals surface area contributed by atoms with Gasteiger partial charge in [-0.2, -0.15) is 0 Å². The molecule has 0 atom stereocenters. The van der Waals surface area contributed by atoms with Gasteiger partial charge in [-0.1, -0.05) is 55.8 Å². The maximum atomic E-state index is 12.8. The van der Waals surface area contributed by atoms with Crippen LogP contribution in [0.3, 0.4) is 0 Å². The van der Waals surface area contributed by atoms with Crippen molar-refractivity contribution >= 4 is 34.0 Å². The molecule has 6 heteroatoms. The monoisotopic (exact) mass is 388 g/mol. The van der Waals surface area contributed by atoms with Crippen molar-refractivity contribution in [3.8, 4) is 0 Å². The number of fused-ring (bicyclic) bond motifs is 2. The summed E-state index contributed by atoms with van der Waals surface area (Å²) in [6.07, 6.45) is 2.53. The first kappa shape index (κ1) is 18.9. The normalized spacial score (nSPS) is 11.2. The van der Waals surface area contributed by atoms with E-state index in [4.69, 9.17) is 20.4 Å². The number of ether oxygens (including phenoxy) is 1. The fourth-order valence-electron chi connectivity index (χ4n) is 3.41. The first-order chi connectivity index (χ1) is 14.2. The Bertz CT molecular complexity index is 1150. The van der Waals surface area contributed by atoms with Crippen LogP contribution in [0.15, 0.2) is 54.6 Å². The van der Waals surface area contributed by atoms with E-state index in [0.29, 0.717) is 35.7 Å². The molecule has 2 N–H and O–H groups in total. The van der Waals surface area contributed by atoms with Gasteiger partial charge in [0.15, 0.2) is 5.65 Å². The van der Waals surface area contributed by atoms with E-state index in [-0.39, 0.29) is 0 Å². The highest BCUT2D eigenvalue weighted by Gasteiger charge is 2.25. The third kappa shape index (κ3) is 3.78. The second-order valence-corrected chi connectivity index (χ2v) is 7.02. The van der Waals surface area contributed by atoms with Crippen LogP contribution >= 0.6 is 0 Å². The number of esters is 1. The van der Waals surface area contributed by atoms with Crippen LogP contribution in [0.5, 0.6) is 0 Å². The maximum absolute atomic E-state index is 12.8. The highest BCUT2D eigenvalue weighted by atomic mass is 16.5. The van der Waals surface area contributed by atoms with Crippen molar-refractivity contribution < 1.29 is 9.53 Å². The third-order valence-corrected chi connectivity index (χ3v) is 4.99. The van der Waals surface area contributed by atoms with Gasteiger partial charge < -0.3 is 15.0 Å². The van der Waals surface area contributed by atoms with Crippen LogP contribution in [-0.4, -0.2) is 27.1 Å². The van der Waals surface area contributed by atoms with Crippen molar-refractivity contribution in [2.45, 2.75) is 32.7 Å². The second-order valence-electron chi connectivity index (χ2n) is 7.02. The first-order valence-electron chi connectivity index (χ1n) is 9.94. The van der Waals surface area contributed by atoms with E-state index in [9.17, 15) is 4.79 Å². The van der Waals surface area contributed by atoms with Crippen LogP contribution in [0.25, 0.3) is 22.2 Å². The lowest BCUT2D eigenvalue weighted by Gasteiger charge is -2.08. The fraction of sp³-hybridized carbons (Fsp3) is 0.261. The van der Waals surface area contributed by atoms with Crippen molar-refractivity contribution in [2.75, 3.05) is 12.3 Å². The van der Waals surface area contributed by atoms with Crippen molar-refractivity contribution in [2.24, 2.45) is 0 Å². The number of carbonyl (C=O) groups excluding carboxylic acids is 1. The molecule has 0 aliphatic rings. The standard InChI is InChI=1S/C23H24N4O2/c1-2-3-15-29-23(28)19-20-22(26-18-12-8-7-11-17(18)25-20)27(21(19)24)14-13-16-9-5-4-6-10-16/h4-12H,2-3,13-15,24H2,1H3. The average Bonchev–Trinajstić information content (AvgIpc) is 3.01. The summed E-state index contributed by atoms with van der Waals surface area (Å²) in [5.74, 6) is -0.0864. The number of aryl methyl sites for hydroxylation is 2. The van der Waals surface area contributed by atoms with Gasteiger partial charge in [-0.3, -0.25) is 0 Å². The minimum atomic E-state index is -0.441. The van der Waals surface area contributed by atoms with Gasteiger partial charge in [0, 0.05) is 6.54 Å². The predicted octanol–water partition coefficient (Wildman–Crippen LogP) is 4.37. The molecule has 148 valence electrons. The number of carbonyl (C=O) groups is 1. The zero-order valence-corrected chi connectivity index (χ0v) is 16.5. The van der Waals surface area contributed by atoms with Gasteiger partial charge in [0.05, 0.1) is 17.6 Å². The molecule has 4 rings (SSSR count). The van der Waals surface area contributed by atoms with Crippen molar-refractivity contribution in [1.82, 2.24) is 14.5 Å². The molecule has 29 heavy (non-hydrogen) atoms. The Morgan fingerprint density at radius 2 is 1.72 bits per heavy atom. The number of nitrogens with zero attached hydrogens (tertiary/aromatic N) is 3. The molecule has 0 unspecified atom stereocenters. The van der Waals surface area contributed by atoms with Crippen molar-refractivity contribution in [3.63, 3.8) is 0 Å². The van der Waals surface area contributed by atoms with Gasteiger partial charge >= 0.3 is 5.97 Å². The quantitative estimate of drug-likeness (QED) is 0.375. The number of benzene rings is 2. The summed E-state index contributed by atoms with van der Waals surface area (Å²) in [4.78, 5) is 22.3. The molecule has 0 bridgehead atoms. The number of rotatable bonds is 7. The zero-order chi connectivity index (χ0) is 20.2. The molecule has 0 spiro atoms. The highest BCUT2D eigenvalue weighted by molar-refractivity contribution is 6.08. The van der Waals surface area contributed by atoms with E-state index in [0.717, 1.165) is 30.3 Å². The lowest BCUT2D eigenvalue weighted by molar-refractivity contribution is 0.0503. The Balaban J connectivity index is 1.79. The summed E-state index contributed by atoms with van der Waals surface area (Å²) in [5, 5.41) is 0. The predicted molar refractivity (Wildman–Crippen MR) is 115 cm³/mol. The van der Waals surface area contributed by atoms with Crippen LogP contribution in [0.2, 0.25) is 0 Å². The number of nitrogens with two attached hydrogens (primary N) is 1. The van der Waals surface area contributed by atoms with Crippen molar-refractivity contribution in [1.29, 1.82) is 0 Å². The summed E-state index contributed by atoms with van der Waals surface area (Å²) < 4.78 is 7.32.